The number of phenolic OH excluding ortho intramolecular Hbond substituents is 1. The van der Waals surface area contributed by atoms with Gasteiger partial charge in [-0.1, -0.05) is 24.3 Å². The lowest BCUT2D eigenvalue weighted by Crippen LogP contribution is -2.52. The molecule has 4 rings (SSSR count). The number of benzene rings is 2. The number of nitrogens with two attached hydrogens (primary N) is 1. The zero-order valence-electron chi connectivity index (χ0n) is 20.1. The highest BCUT2D eigenvalue weighted by Crippen LogP contribution is 2.37. The summed E-state index contributed by atoms with van der Waals surface area (Å²) < 4.78 is 10.7. The van der Waals surface area contributed by atoms with Gasteiger partial charge >= 0.3 is 6.09 Å². The minimum absolute atomic E-state index is 0.0211. The Morgan fingerprint density at radius 2 is 1.67 bits per heavy atom. The second-order valence-electron chi connectivity index (χ2n) is 8.32. The molecule has 2 aromatic carbocycles. The van der Waals surface area contributed by atoms with Gasteiger partial charge in [-0.15, -0.1) is 0 Å². The van der Waals surface area contributed by atoms with E-state index in [9.17, 15) is 19.5 Å². The van der Waals surface area contributed by atoms with Crippen molar-refractivity contribution >= 4 is 28.8 Å². The Balaban J connectivity index is 1.81. The summed E-state index contributed by atoms with van der Waals surface area (Å²) in [4.78, 5) is 46.7. The van der Waals surface area contributed by atoms with Crippen molar-refractivity contribution in [1.29, 1.82) is 0 Å². The molecule has 10 heteroatoms. The maximum Gasteiger partial charge on any atom is 0.409 e. The number of amides is 3. The van der Waals surface area contributed by atoms with Crippen molar-refractivity contribution in [3.63, 3.8) is 0 Å². The highest BCUT2D eigenvalue weighted by Gasteiger charge is 2.36. The number of primary amides is 1. The number of nitrogens with zero attached hydrogens (tertiary/aromatic N) is 3. The zero-order valence-corrected chi connectivity index (χ0v) is 20.1. The number of methoxy groups -OCH3 is 1. The fourth-order valence-electron chi connectivity index (χ4n) is 4.45. The molecule has 1 saturated heterocycles. The van der Waals surface area contributed by atoms with E-state index in [4.69, 9.17) is 20.2 Å². The molecule has 2 heterocycles. The molecule has 0 bridgehead atoms. The minimum Gasteiger partial charge on any atom is -0.508 e. The number of aromatic hydroxyl groups is 1. The summed E-state index contributed by atoms with van der Waals surface area (Å²) in [7, 11) is 1.43. The van der Waals surface area contributed by atoms with E-state index >= 15 is 0 Å². The quantitative estimate of drug-likeness (QED) is 0.540. The van der Waals surface area contributed by atoms with Gasteiger partial charge in [-0.05, 0) is 36.8 Å². The second-order valence-corrected chi connectivity index (χ2v) is 8.32. The number of piperazine rings is 1. The molecule has 10 nitrogen and oxygen atoms in total. The van der Waals surface area contributed by atoms with Crippen LogP contribution < -0.4 is 10.5 Å². The monoisotopic (exact) mass is 492 g/mol. The number of fused-ring (bicyclic) bond motifs is 1. The van der Waals surface area contributed by atoms with Crippen LogP contribution in [0.15, 0.2) is 48.5 Å². The number of carbonyl (C=O) groups excluding carboxylic acids is 3. The van der Waals surface area contributed by atoms with Crippen molar-refractivity contribution < 1.29 is 29.0 Å². The first-order chi connectivity index (χ1) is 17.3. The molecule has 3 N–H and O–H groups in total. The van der Waals surface area contributed by atoms with Gasteiger partial charge in [0.25, 0.3) is 5.91 Å². The third kappa shape index (κ3) is 4.74. The molecule has 1 atom stereocenters. The number of pyridine rings is 1. The van der Waals surface area contributed by atoms with Crippen LogP contribution in [-0.4, -0.2) is 77.7 Å². The third-order valence-electron chi connectivity index (χ3n) is 6.19. The number of aromatic nitrogens is 1. The fourth-order valence-corrected chi connectivity index (χ4v) is 4.45. The third-order valence-corrected chi connectivity index (χ3v) is 6.19. The molecule has 0 radical (unpaired) electrons. The molecule has 0 spiro atoms. The molecule has 36 heavy (non-hydrogen) atoms. The second kappa shape index (κ2) is 10.5. The predicted molar refractivity (Wildman–Crippen MR) is 132 cm³/mol. The molecule has 1 aliphatic rings. The van der Waals surface area contributed by atoms with Crippen LogP contribution >= 0.6 is 0 Å². The molecule has 3 aromatic rings. The summed E-state index contributed by atoms with van der Waals surface area (Å²) in [5.74, 6) is -1.81. The summed E-state index contributed by atoms with van der Waals surface area (Å²) in [5, 5.41) is 10.4. The van der Waals surface area contributed by atoms with E-state index in [0.717, 1.165) is 0 Å². The first-order valence-corrected chi connectivity index (χ1v) is 11.6. The molecular formula is C26H28N4O6. The Kier molecular flexibility index (Phi) is 7.23. The average Bonchev–Trinajstić information content (AvgIpc) is 2.89. The summed E-state index contributed by atoms with van der Waals surface area (Å²) in [6, 6.07) is 13.3. The van der Waals surface area contributed by atoms with Gasteiger partial charge in [0.15, 0.2) is 0 Å². The number of hydrogen-bond donors (Lipinski definition) is 2. The van der Waals surface area contributed by atoms with E-state index in [-0.39, 0.29) is 48.4 Å². The first-order valence-electron chi connectivity index (χ1n) is 11.6. The molecule has 1 unspecified atom stereocenters. The van der Waals surface area contributed by atoms with Crippen LogP contribution in [0.25, 0.3) is 10.9 Å². The van der Waals surface area contributed by atoms with Gasteiger partial charge < -0.3 is 30.1 Å². The van der Waals surface area contributed by atoms with E-state index in [1.807, 2.05) is 0 Å². The zero-order chi connectivity index (χ0) is 25.8. The minimum atomic E-state index is -0.999. The normalized spacial score (nSPS) is 14.4. The van der Waals surface area contributed by atoms with E-state index in [1.54, 1.807) is 53.1 Å². The van der Waals surface area contributed by atoms with Crippen molar-refractivity contribution in [1.82, 2.24) is 14.8 Å². The Morgan fingerprint density at radius 3 is 2.28 bits per heavy atom. The molecule has 0 aliphatic carbocycles. The smallest absolute Gasteiger partial charge is 0.409 e. The molecule has 1 fully saturated rings. The van der Waals surface area contributed by atoms with Crippen molar-refractivity contribution in [2.45, 2.75) is 12.8 Å². The van der Waals surface area contributed by atoms with Gasteiger partial charge in [0, 0.05) is 31.6 Å². The SMILES string of the molecule is CCOC(=O)N1CCN(C(=O)C(c2ccc(O)cc2)c2nc3ccccc3c(OC)c2C(N)=O)CC1. The van der Waals surface area contributed by atoms with Crippen molar-refractivity contribution in [3.8, 4) is 11.5 Å². The number of para-hydroxylation sites is 1. The maximum absolute atomic E-state index is 14.0. The number of phenols is 1. The maximum atomic E-state index is 14.0. The Morgan fingerprint density at radius 1 is 1.03 bits per heavy atom. The van der Waals surface area contributed by atoms with Crippen LogP contribution in [0.4, 0.5) is 4.79 Å². The lowest BCUT2D eigenvalue weighted by atomic mass is 9.89. The molecule has 1 aromatic heterocycles. The van der Waals surface area contributed by atoms with Crippen LogP contribution in [0.3, 0.4) is 0 Å². The summed E-state index contributed by atoms with van der Waals surface area (Å²) in [6.45, 7) is 3.19. The standard InChI is InChI=1S/C26H28N4O6/c1-3-36-26(34)30-14-12-29(13-15-30)25(33)20(16-8-10-17(31)11-9-16)22-21(24(27)32)23(35-2)18-6-4-5-7-19(18)28-22/h4-11,20,31H,3,12-15H2,1-2H3,(H2,27,32). The average molecular weight is 493 g/mol. The fraction of sp³-hybridized carbons (Fsp3) is 0.308. The summed E-state index contributed by atoms with van der Waals surface area (Å²) in [5.41, 5.74) is 7.05. The van der Waals surface area contributed by atoms with Crippen LogP contribution in [-0.2, 0) is 9.53 Å². The summed E-state index contributed by atoms with van der Waals surface area (Å²) >= 11 is 0. The number of hydrogen-bond acceptors (Lipinski definition) is 7. The van der Waals surface area contributed by atoms with Gasteiger partial charge in [0.1, 0.15) is 23.0 Å². The van der Waals surface area contributed by atoms with Gasteiger partial charge in [0.2, 0.25) is 5.91 Å². The van der Waals surface area contributed by atoms with Crippen LogP contribution in [0.2, 0.25) is 0 Å². The highest BCUT2D eigenvalue weighted by molar-refractivity contribution is 6.05. The number of ether oxygens (including phenoxy) is 2. The number of carbonyl (C=O) groups is 3. The van der Waals surface area contributed by atoms with Gasteiger partial charge in [-0.2, -0.15) is 0 Å². The van der Waals surface area contributed by atoms with Crippen LogP contribution in [0.1, 0.15) is 34.5 Å². The van der Waals surface area contributed by atoms with Crippen molar-refractivity contribution in [3.05, 3.63) is 65.4 Å². The van der Waals surface area contributed by atoms with E-state index in [0.29, 0.717) is 29.6 Å². The van der Waals surface area contributed by atoms with E-state index < -0.39 is 17.9 Å². The largest absolute Gasteiger partial charge is 0.508 e. The van der Waals surface area contributed by atoms with Crippen molar-refractivity contribution in [2.75, 3.05) is 39.9 Å². The Bertz CT molecular complexity index is 1290. The lowest BCUT2D eigenvalue weighted by Gasteiger charge is -2.36. The Hall–Kier alpha value is -4.34. The van der Waals surface area contributed by atoms with E-state index in [2.05, 4.69) is 0 Å². The molecule has 188 valence electrons. The molecule has 0 saturated carbocycles. The highest BCUT2D eigenvalue weighted by atomic mass is 16.6. The lowest BCUT2D eigenvalue weighted by molar-refractivity contribution is -0.133. The molecule has 3 amide bonds. The Labute approximate surface area is 208 Å². The van der Waals surface area contributed by atoms with Crippen LogP contribution in [0, 0.1) is 0 Å². The topological polar surface area (TPSA) is 135 Å². The van der Waals surface area contributed by atoms with Gasteiger partial charge in [-0.25, -0.2) is 4.79 Å². The number of rotatable bonds is 6. The van der Waals surface area contributed by atoms with Gasteiger partial charge in [0.05, 0.1) is 24.9 Å². The summed E-state index contributed by atoms with van der Waals surface area (Å²) in [6.07, 6.45) is -0.420. The van der Waals surface area contributed by atoms with Gasteiger partial charge in [-0.3, -0.25) is 14.6 Å². The first kappa shape index (κ1) is 24.8. The van der Waals surface area contributed by atoms with E-state index in [1.165, 1.54) is 19.2 Å². The molecular weight excluding hydrogens is 464 g/mol. The van der Waals surface area contributed by atoms with Crippen LogP contribution in [0.5, 0.6) is 11.5 Å². The molecule has 1 aliphatic heterocycles. The van der Waals surface area contributed by atoms with Crippen molar-refractivity contribution in [2.24, 2.45) is 5.73 Å². The predicted octanol–water partition coefficient (Wildman–Crippen LogP) is 2.48.